The molecule has 0 radical (unpaired) electrons. The summed E-state index contributed by atoms with van der Waals surface area (Å²) in [6.07, 6.45) is 11.4. The number of ether oxygens (including phenoxy) is 2. The maximum atomic E-state index is 6.28. The summed E-state index contributed by atoms with van der Waals surface area (Å²) < 4.78 is 16.9. The Hall–Kier alpha value is -2.55. The van der Waals surface area contributed by atoms with Gasteiger partial charge in [-0.2, -0.15) is 0 Å². The summed E-state index contributed by atoms with van der Waals surface area (Å²) in [4.78, 5) is 18.4. The summed E-state index contributed by atoms with van der Waals surface area (Å²) >= 11 is -0.556. The third kappa shape index (κ3) is 18.7. The molecule has 4 heterocycles. The molecule has 0 fully saturated rings. The molecular formula is C64H60Cl4K2N6O2Pt2. The van der Waals surface area contributed by atoms with Crippen LogP contribution in [0.15, 0.2) is 195 Å². The van der Waals surface area contributed by atoms with Crippen LogP contribution in [0.2, 0.25) is 0 Å². The number of nitrogens with zero attached hydrogens (tertiary/aromatic N) is 6. The van der Waals surface area contributed by atoms with E-state index in [0.717, 1.165) is 56.8 Å². The van der Waals surface area contributed by atoms with Gasteiger partial charge in [-0.15, -0.1) is 47.5 Å². The van der Waals surface area contributed by atoms with Crippen LogP contribution >= 0.6 is 37.7 Å². The first-order valence-electron chi connectivity index (χ1n) is 26.3. The number of para-hydroxylation sites is 2. The number of rotatable bonds is 14. The van der Waals surface area contributed by atoms with Crippen molar-refractivity contribution in [2.24, 2.45) is 0 Å². The van der Waals surface area contributed by atoms with Gasteiger partial charge in [0.2, 0.25) is 0 Å². The van der Waals surface area contributed by atoms with Gasteiger partial charge in [0.25, 0.3) is 0 Å². The van der Waals surface area contributed by atoms with Crippen LogP contribution in [0.25, 0.3) is 56.7 Å². The fourth-order valence-electron chi connectivity index (χ4n) is 8.98. The van der Waals surface area contributed by atoms with Crippen molar-refractivity contribution < 1.29 is 42.4 Å². The van der Waals surface area contributed by atoms with Crippen LogP contribution in [-0.4, -0.2) is 92.2 Å². The minimum Gasteiger partial charge on any atom is 2.00 e. The number of halogens is 4. The van der Waals surface area contributed by atoms with E-state index in [4.69, 9.17) is 57.1 Å². The minimum atomic E-state index is -3.06. The number of imidazole rings is 2. The second kappa shape index (κ2) is 32.7. The molecule has 0 aliphatic carbocycles. The summed E-state index contributed by atoms with van der Waals surface area (Å²) in [7, 11) is 20.0. The van der Waals surface area contributed by atoms with Gasteiger partial charge in [0.15, 0.2) is 0 Å². The third-order valence-electron chi connectivity index (χ3n) is 12.5. The summed E-state index contributed by atoms with van der Waals surface area (Å²) in [5, 5.41) is 0. The number of hydrogen-bond donors (Lipinski definition) is 0. The molecule has 0 aliphatic rings. The first kappa shape index (κ1) is 66.6. The van der Waals surface area contributed by atoms with Gasteiger partial charge < -0.3 is 19.0 Å². The van der Waals surface area contributed by atoms with Crippen molar-refractivity contribution in [3.63, 3.8) is 0 Å². The monoisotopic (exact) mass is 1550 g/mol. The summed E-state index contributed by atoms with van der Waals surface area (Å²) in [5.41, 5.74) is 13.2. The van der Waals surface area contributed by atoms with E-state index in [0.29, 0.717) is 35.2 Å². The van der Waals surface area contributed by atoms with E-state index in [2.05, 4.69) is 141 Å². The molecule has 10 rings (SSSR count). The maximum absolute atomic E-state index is 6.28. The second-order valence-electron chi connectivity index (χ2n) is 19.2. The second-order valence-corrected chi connectivity index (χ2v) is 38.9. The summed E-state index contributed by atoms with van der Waals surface area (Å²) in [6, 6.07) is 59.5. The van der Waals surface area contributed by atoms with Crippen LogP contribution in [0.4, 0.5) is 0 Å². The normalized spacial score (nSPS) is 11.2. The van der Waals surface area contributed by atoms with E-state index in [-0.39, 0.29) is 21.1 Å². The first-order valence-corrected chi connectivity index (χ1v) is 53.5. The van der Waals surface area contributed by atoms with E-state index < -0.39 is 11.9 Å². The standard InChI is InChI=1S/C32H31N3O.C32H29N3O.4ClH.2K.2Pt/c2*1-22(2)28-14-9-15-29(23(3)4)31(28)35-19-18-34-32(35)25-11-8-13-27(21-25)36-26-12-7-10-24(20-26)30-16-5-6-17-33-30;;;;;;;;/h5-23H,1-4H3;5-19,22-23H,1-4H3;4*1H;;;;/q;-2;;;;;;;+2;+4/p-4. The van der Waals surface area contributed by atoms with Gasteiger partial charge in [-0.1, -0.05) is 146 Å². The third-order valence-corrected chi connectivity index (χ3v) is 12.5. The molecule has 0 aliphatic heterocycles. The van der Waals surface area contributed by atoms with E-state index in [1.807, 2.05) is 128 Å². The summed E-state index contributed by atoms with van der Waals surface area (Å²) in [6.45, 7) is 17.9. The number of pyridine rings is 2. The Kier molecular flexibility index (Phi) is 27.2. The number of hydrogen-bond acceptors (Lipinski definition) is 6. The molecule has 0 saturated carbocycles. The predicted molar refractivity (Wildman–Crippen MR) is 326 cm³/mol. The van der Waals surface area contributed by atoms with Crippen molar-refractivity contribution in [3.05, 3.63) is 229 Å². The number of aromatic nitrogens is 6. The van der Waals surface area contributed by atoms with Gasteiger partial charge in [-0.3, -0.25) is 14.5 Å². The van der Waals surface area contributed by atoms with Crippen LogP contribution in [0, 0.1) is 12.1 Å². The van der Waals surface area contributed by atoms with Crippen LogP contribution in [-0.2, 0) is 33.0 Å². The molecule has 0 bridgehead atoms. The van der Waals surface area contributed by atoms with Crippen LogP contribution in [0.5, 0.6) is 23.0 Å². The maximum Gasteiger partial charge on any atom is 2.00 e. The molecule has 0 unspecified atom stereocenters. The average molecular weight is 1560 g/mol. The van der Waals surface area contributed by atoms with Crippen molar-refractivity contribution in [1.29, 1.82) is 0 Å². The molecule has 0 saturated heterocycles. The fourth-order valence-corrected chi connectivity index (χ4v) is 8.98. The van der Waals surface area contributed by atoms with Gasteiger partial charge in [0, 0.05) is 65.5 Å². The van der Waals surface area contributed by atoms with Gasteiger partial charge in [-0.05, 0) is 94.1 Å². The van der Waals surface area contributed by atoms with Gasteiger partial charge in [0.1, 0.15) is 17.3 Å². The SMILES string of the molecule is CC(C)c1cccc(C(C)C)c1-n1ccnc1-c1[c-]c(Oc2[c-]c(-c3ccccn3)ccc2)ccc1.CC(C)c1cccc(C(C)C)c1-n1ccnc1-c1cccc(Oc2cccc(-c3ccccn3)c2)c1.[Cl][Pt]([Cl])([Cl])[Cl].[K][K].[Pt+2]. The molecule has 408 valence electrons. The van der Waals surface area contributed by atoms with Crippen molar-refractivity contribution >= 4 is 101 Å². The molecule has 0 spiro atoms. The Morgan fingerprint density at radius 3 is 1.30 bits per heavy atom. The molecule has 0 N–H and O–H groups in total. The quantitative estimate of drug-likeness (QED) is 0.0797. The Morgan fingerprint density at radius 1 is 0.425 bits per heavy atom. The zero-order valence-electron chi connectivity index (χ0n) is 46.4. The Morgan fingerprint density at radius 2 is 0.825 bits per heavy atom. The van der Waals surface area contributed by atoms with Crippen molar-refractivity contribution in [2.45, 2.75) is 79.1 Å². The molecule has 6 aromatic carbocycles. The Bertz CT molecular complexity index is 3260. The molecule has 0 amide bonds. The average Bonchev–Trinajstić information content (AvgIpc) is 4.15. The van der Waals surface area contributed by atoms with E-state index >= 15 is 0 Å². The molecule has 10 aromatic rings. The molecule has 8 nitrogen and oxygen atoms in total. The largest absolute Gasteiger partial charge is 2.00 e. The van der Waals surface area contributed by atoms with Crippen LogP contribution in [0.1, 0.15) is 101 Å². The van der Waals surface area contributed by atoms with Gasteiger partial charge >= 0.3 is 134 Å². The van der Waals surface area contributed by atoms with E-state index in [9.17, 15) is 0 Å². The first-order chi connectivity index (χ1) is 38.0. The summed E-state index contributed by atoms with van der Waals surface area (Å²) in [5.74, 6) is 6.06. The molecule has 0 atom stereocenters. The van der Waals surface area contributed by atoms with Gasteiger partial charge in [0.05, 0.1) is 17.2 Å². The number of benzene rings is 6. The van der Waals surface area contributed by atoms with Crippen LogP contribution in [0.3, 0.4) is 0 Å². The smallest absolute Gasteiger partial charge is 2.00 e. The zero-order valence-corrected chi connectivity index (χ0v) is 60.2. The Labute approximate surface area is 551 Å². The van der Waals surface area contributed by atoms with Crippen LogP contribution < -0.4 is 9.47 Å². The molecule has 80 heavy (non-hydrogen) atoms. The van der Waals surface area contributed by atoms with Crippen molar-refractivity contribution in [1.82, 2.24) is 29.1 Å². The fraction of sp³-hybridized carbons (Fsp3) is 0.188. The van der Waals surface area contributed by atoms with Crippen molar-refractivity contribution in [3.8, 4) is 79.7 Å². The molecule has 16 heteroatoms. The van der Waals surface area contributed by atoms with E-state index in [1.54, 1.807) is 12.4 Å². The topological polar surface area (TPSA) is 79.9 Å². The van der Waals surface area contributed by atoms with Gasteiger partial charge in [-0.25, -0.2) is 4.98 Å². The predicted octanol–water partition coefficient (Wildman–Crippen LogP) is 18.9. The molecular weight excluding hydrogens is 1490 g/mol. The molecule has 4 aromatic heterocycles. The zero-order chi connectivity index (χ0) is 56.6. The minimum absolute atomic E-state index is 0. The van der Waals surface area contributed by atoms with E-state index in [1.165, 1.54) is 96.8 Å². The Balaban J connectivity index is 0.000000229. The van der Waals surface area contributed by atoms with Crippen molar-refractivity contribution in [2.75, 3.05) is 0 Å².